The van der Waals surface area contributed by atoms with Gasteiger partial charge in [-0.3, -0.25) is 0 Å². The van der Waals surface area contributed by atoms with E-state index in [-0.39, 0.29) is 0 Å². The molecule has 4 heteroatoms. The molecule has 0 aliphatic carbocycles. The molecule has 1 aromatic heterocycles. The Morgan fingerprint density at radius 2 is 2.38 bits per heavy atom. The third kappa shape index (κ3) is 2.40. The van der Waals surface area contributed by atoms with E-state index in [2.05, 4.69) is 11.1 Å². The lowest BCUT2D eigenvalue weighted by Gasteiger charge is -1.96. The van der Waals surface area contributed by atoms with Crippen molar-refractivity contribution in [2.24, 2.45) is 5.73 Å². The van der Waals surface area contributed by atoms with Gasteiger partial charge in [0, 0.05) is 0 Å². The Kier molecular flexibility index (Phi) is 3.54. The average Bonchev–Trinajstić information content (AvgIpc) is 2.70. The number of thiazole rings is 1. The van der Waals surface area contributed by atoms with Crippen LogP contribution in [0.1, 0.15) is 11.4 Å². The summed E-state index contributed by atoms with van der Waals surface area (Å²) in [4.78, 5) is 4.50. The number of benzene rings is 1. The van der Waals surface area contributed by atoms with Crippen molar-refractivity contribution in [3.05, 3.63) is 29.3 Å². The van der Waals surface area contributed by atoms with E-state index in [0.717, 1.165) is 27.4 Å². The molecule has 0 fully saturated rings. The summed E-state index contributed by atoms with van der Waals surface area (Å²) in [6, 6.07) is 5.91. The van der Waals surface area contributed by atoms with E-state index >= 15 is 0 Å². The summed E-state index contributed by atoms with van der Waals surface area (Å²) >= 11 is 1.66. The van der Waals surface area contributed by atoms with Gasteiger partial charge in [-0.2, -0.15) is 0 Å². The van der Waals surface area contributed by atoms with Crippen molar-refractivity contribution in [3.63, 3.8) is 0 Å². The Labute approximate surface area is 98.6 Å². The summed E-state index contributed by atoms with van der Waals surface area (Å²) in [6.07, 6.45) is 4.96. The highest BCUT2D eigenvalue weighted by molar-refractivity contribution is 7.19. The molecule has 0 spiro atoms. The molecule has 0 unspecified atom stereocenters. The summed E-state index contributed by atoms with van der Waals surface area (Å²) in [5, 5.41) is 1.01. The lowest BCUT2D eigenvalue weighted by molar-refractivity contribution is 0.415. The first-order valence-electron chi connectivity index (χ1n) is 5.14. The van der Waals surface area contributed by atoms with Crippen LogP contribution in [-0.4, -0.2) is 18.6 Å². The van der Waals surface area contributed by atoms with E-state index in [0.29, 0.717) is 6.54 Å². The van der Waals surface area contributed by atoms with Crippen molar-refractivity contribution in [1.29, 1.82) is 0 Å². The lowest BCUT2D eigenvalue weighted by atomic mass is 10.3. The number of ether oxygens (including phenoxy) is 1. The van der Waals surface area contributed by atoms with Gasteiger partial charge in [-0.1, -0.05) is 6.08 Å². The van der Waals surface area contributed by atoms with Gasteiger partial charge in [0.05, 0.1) is 17.3 Å². The molecule has 2 rings (SSSR count). The predicted molar refractivity (Wildman–Crippen MR) is 68.9 cm³/mol. The van der Waals surface area contributed by atoms with Gasteiger partial charge in [0.15, 0.2) is 0 Å². The number of hydrogen-bond acceptors (Lipinski definition) is 4. The van der Waals surface area contributed by atoms with Crippen LogP contribution in [0.2, 0.25) is 0 Å². The van der Waals surface area contributed by atoms with Gasteiger partial charge in [-0.15, -0.1) is 11.3 Å². The number of methoxy groups -OCH3 is 1. The van der Waals surface area contributed by atoms with Crippen LogP contribution in [0.3, 0.4) is 0 Å². The minimum atomic E-state index is 0.676. The lowest BCUT2D eigenvalue weighted by Crippen LogP contribution is -1.94. The van der Waals surface area contributed by atoms with Gasteiger partial charge >= 0.3 is 0 Å². The Hall–Kier alpha value is -1.39. The van der Waals surface area contributed by atoms with Crippen LogP contribution in [0.15, 0.2) is 24.3 Å². The van der Waals surface area contributed by atoms with Crippen LogP contribution in [0.4, 0.5) is 0 Å². The van der Waals surface area contributed by atoms with E-state index in [1.165, 1.54) is 0 Å². The Morgan fingerprint density at radius 3 is 3.12 bits per heavy atom. The molecular formula is C12H14N2OS. The SMILES string of the molecule is COc1ccc2nc(C=CCCN)sc2c1. The molecule has 0 radical (unpaired) electrons. The number of hydrogen-bond donors (Lipinski definition) is 1. The van der Waals surface area contributed by atoms with Crippen LogP contribution in [0, 0.1) is 0 Å². The van der Waals surface area contributed by atoms with E-state index < -0.39 is 0 Å². The van der Waals surface area contributed by atoms with E-state index in [9.17, 15) is 0 Å². The van der Waals surface area contributed by atoms with Crippen molar-refractivity contribution in [3.8, 4) is 5.75 Å². The molecule has 0 atom stereocenters. The van der Waals surface area contributed by atoms with Gasteiger partial charge in [0.25, 0.3) is 0 Å². The molecule has 2 N–H and O–H groups in total. The fourth-order valence-corrected chi connectivity index (χ4v) is 2.33. The second kappa shape index (κ2) is 5.09. The van der Waals surface area contributed by atoms with Crippen molar-refractivity contribution in [2.45, 2.75) is 6.42 Å². The molecule has 1 heterocycles. The van der Waals surface area contributed by atoms with E-state index in [1.807, 2.05) is 24.3 Å². The Morgan fingerprint density at radius 1 is 1.50 bits per heavy atom. The Balaban J connectivity index is 2.29. The summed E-state index contributed by atoms with van der Waals surface area (Å²) in [5.74, 6) is 0.869. The fourth-order valence-electron chi connectivity index (χ4n) is 1.40. The fraction of sp³-hybridized carbons (Fsp3) is 0.250. The second-order valence-corrected chi connectivity index (χ2v) is 4.43. The van der Waals surface area contributed by atoms with E-state index in [1.54, 1.807) is 18.4 Å². The molecule has 0 aliphatic rings. The van der Waals surface area contributed by atoms with Crippen LogP contribution >= 0.6 is 11.3 Å². The molecule has 84 valence electrons. The zero-order valence-electron chi connectivity index (χ0n) is 9.14. The predicted octanol–water partition coefficient (Wildman–Crippen LogP) is 2.67. The molecule has 0 saturated carbocycles. The summed E-state index contributed by atoms with van der Waals surface area (Å²) in [6.45, 7) is 0.676. The molecule has 0 bridgehead atoms. The highest BCUT2D eigenvalue weighted by atomic mass is 32.1. The topological polar surface area (TPSA) is 48.1 Å². The zero-order valence-corrected chi connectivity index (χ0v) is 9.96. The monoisotopic (exact) mass is 234 g/mol. The standard InChI is InChI=1S/C12H14N2OS/c1-15-9-5-6-10-11(8-9)16-12(14-10)4-2-3-7-13/h2,4-6,8H,3,7,13H2,1H3. The van der Waals surface area contributed by atoms with Crippen molar-refractivity contribution in [2.75, 3.05) is 13.7 Å². The van der Waals surface area contributed by atoms with Crippen LogP contribution in [-0.2, 0) is 0 Å². The minimum absolute atomic E-state index is 0.676. The first kappa shape index (κ1) is 11.1. The maximum Gasteiger partial charge on any atom is 0.120 e. The number of fused-ring (bicyclic) bond motifs is 1. The maximum absolute atomic E-state index is 5.42. The van der Waals surface area contributed by atoms with Crippen LogP contribution in [0.25, 0.3) is 16.3 Å². The van der Waals surface area contributed by atoms with Gasteiger partial charge in [0.1, 0.15) is 10.8 Å². The number of nitrogens with zero attached hydrogens (tertiary/aromatic N) is 1. The van der Waals surface area contributed by atoms with Crippen LogP contribution in [0.5, 0.6) is 5.75 Å². The van der Waals surface area contributed by atoms with Crippen LogP contribution < -0.4 is 10.5 Å². The third-order valence-corrected chi connectivity index (χ3v) is 3.19. The van der Waals surface area contributed by atoms with Crippen molar-refractivity contribution >= 4 is 27.6 Å². The number of rotatable bonds is 4. The van der Waals surface area contributed by atoms with Crippen molar-refractivity contribution in [1.82, 2.24) is 4.98 Å². The molecule has 0 saturated heterocycles. The summed E-state index contributed by atoms with van der Waals surface area (Å²) < 4.78 is 6.32. The third-order valence-electron chi connectivity index (χ3n) is 2.21. The minimum Gasteiger partial charge on any atom is -0.497 e. The smallest absolute Gasteiger partial charge is 0.120 e. The largest absolute Gasteiger partial charge is 0.497 e. The number of nitrogens with two attached hydrogens (primary N) is 1. The van der Waals surface area contributed by atoms with Gasteiger partial charge < -0.3 is 10.5 Å². The molecule has 3 nitrogen and oxygen atoms in total. The van der Waals surface area contributed by atoms with E-state index in [4.69, 9.17) is 10.5 Å². The number of aromatic nitrogens is 1. The quantitative estimate of drug-likeness (QED) is 0.884. The highest BCUT2D eigenvalue weighted by Gasteiger charge is 2.02. The van der Waals surface area contributed by atoms with Gasteiger partial charge in [-0.05, 0) is 37.2 Å². The van der Waals surface area contributed by atoms with Gasteiger partial charge in [0.2, 0.25) is 0 Å². The first-order valence-corrected chi connectivity index (χ1v) is 5.96. The van der Waals surface area contributed by atoms with Gasteiger partial charge in [-0.25, -0.2) is 4.98 Å². The van der Waals surface area contributed by atoms with Crippen molar-refractivity contribution < 1.29 is 4.74 Å². The molecule has 16 heavy (non-hydrogen) atoms. The first-order chi connectivity index (χ1) is 7.83. The molecule has 1 aromatic carbocycles. The molecular weight excluding hydrogens is 220 g/mol. The second-order valence-electron chi connectivity index (χ2n) is 3.37. The zero-order chi connectivity index (χ0) is 11.4. The Bertz CT molecular complexity index is 505. The molecule has 0 aliphatic heterocycles. The maximum atomic E-state index is 5.42. The normalized spacial score (nSPS) is 11.4. The average molecular weight is 234 g/mol. The highest BCUT2D eigenvalue weighted by Crippen LogP contribution is 2.26. The summed E-state index contributed by atoms with van der Waals surface area (Å²) in [5.41, 5.74) is 6.43. The summed E-state index contributed by atoms with van der Waals surface area (Å²) in [7, 11) is 1.67. The molecule has 2 aromatic rings. The molecule has 0 amide bonds.